The van der Waals surface area contributed by atoms with Crippen LogP contribution in [0.4, 0.5) is 0 Å². The molecule has 1 aliphatic rings. The Morgan fingerprint density at radius 1 is 0.903 bits per heavy atom. The standard InChI is InChI=1S/C24H24N4O3/c29-23(16-21-17-25-9-10-26-21)27-11-13-28(14-12-27)24(30)20-7-4-8-22(15-20)31-18-19-5-2-1-3-6-19/h1-10,15,17H,11-14,16,18H2. The van der Waals surface area contributed by atoms with E-state index in [4.69, 9.17) is 4.74 Å². The first-order chi connectivity index (χ1) is 15.2. The molecule has 1 saturated heterocycles. The Morgan fingerprint density at radius 2 is 1.68 bits per heavy atom. The van der Waals surface area contributed by atoms with Gasteiger partial charge >= 0.3 is 0 Å². The Bertz CT molecular complexity index is 1020. The molecular weight excluding hydrogens is 392 g/mol. The predicted octanol–water partition coefficient (Wildman–Crippen LogP) is 2.58. The van der Waals surface area contributed by atoms with Crippen LogP contribution in [0.15, 0.2) is 73.2 Å². The molecule has 0 N–H and O–H groups in total. The van der Waals surface area contributed by atoms with Gasteiger partial charge in [0.15, 0.2) is 0 Å². The summed E-state index contributed by atoms with van der Waals surface area (Å²) in [5.74, 6) is 0.614. The molecule has 0 unspecified atom stereocenters. The maximum absolute atomic E-state index is 12.9. The molecule has 3 aromatic rings. The number of aromatic nitrogens is 2. The number of piperazine rings is 1. The number of hydrogen-bond donors (Lipinski definition) is 0. The molecule has 0 saturated carbocycles. The van der Waals surface area contributed by atoms with E-state index in [1.165, 1.54) is 0 Å². The van der Waals surface area contributed by atoms with Crippen LogP contribution in [0.5, 0.6) is 5.75 Å². The molecule has 1 aliphatic heterocycles. The number of nitrogens with zero attached hydrogens (tertiary/aromatic N) is 4. The van der Waals surface area contributed by atoms with Crippen molar-refractivity contribution in [2.75, 3.05) is 26.2 Å². The molecule has 2 aromatic carbocycles. The Balaban J connectivity index is 1.30. The quantitative estimate of drug-likeness (QED) is 0.617. The minimum absolute atomic E-state index is 0.00362. The highest BCUT2D eigenvalue weighted by molar-refractivity contribution is 5.94. The Morgan fingerprint density at radius 3 is 2.42 bits per heavy atom. The minimum Gasteiger partial charge on any atom is -0.489 e. The fourth-order valence-electron chi connectivity index (χ4n) is 3.49. The molecule has 0 radical (unpaired) electrons. The Kier molecular flexibility index (Phi) is 6.52. The van der Waals surface area contributed by atoms with Crippen molar-refractivity contribution in [1.29, 1.82) is 0 Å². The van der Waals surface area contributed by atoms with E-state index in [9.17, 15) is 9.59 Å². The largest absolute Gasteiger partial charge is 0.489 e. The maximum atomic E-state index is 12.9. The monoisotopic (exact) mass is 416 g/mol. The van der Waals surface area contributed by atoms with Crippen LogP contribution >= 0.6 is 0 Å². The Hall–Kier alpha value is -3.74. The molecule has 2 amide bonds. The van der Waals surface area contributed by atoms with Crippen molar-refractivity contribution < 1.29 is 14.3 Å². The van der Waals surface area contributed by atoms with Gasteiger partial charge in [0.05, 0.1) is 12.1 Å². The van der Waals surface area contributed by atoms with Crippen molar-refractivity contribution >= 4 is 11.8 Å². The van der Waals surface area contributed by atoms with Crippen LogP contribution in [0.3, 0.4) is 0 Å². The average molecular weight is 416 g/mol. The van der Waals surface area contributed by atoms with Gasteiger partial charge in [0.1, 0.15) is 12.4 Å². The van der Waals surface area contributed by atoms with Crippen molar-refractivity contribution in [1.82, 2.24) is 19.8 Å². The van der Waals surface area contributed by atoms with Gasteiger partial charge < -0.3 is 14.5 Å². The fraction of sp³-hybridized carbons (Fsp3) is 0.250. The summed E-state index contributed by atoms with van der Waals surface area (Å²) in [5.41, 5.74) is 2.31. The average Bonchev–Trinajstić information content (AvgIpc) is 2.84. The molecule has 158 valence electrons. The van der Waals surface area contributed by atoms with E-state index in [0.717, 1.165) is 5.56 Å². The molecule has 0 bridgehead atoms. The van der Waals surface area contributed by atoms with Crippen LogP contribution in [-0.4, -0.2) is 57.8 Å². The van der Waals surface area contributed by atoms with E-state index < -0.39 is 0 Å². The second-order valence-electron chi connectivity index (χ2n) is 7.35. The fourth-order valence-corrected chi connectivity index (χ4v) is 3.49. The number of ether oxygens (including phenoxy) is 1. The zero-order valence-corrected chi connectivity index (χ0v) is 17.2. The molecule has 0 spiro atoms. The SMILES string of the molecule is O=C(Cc1cnccn1)N1CCN(C(=O)c2cccc(OCc3ccccc3)c2)CC1. The van der Waals surface area contributed by atoms with Crippen LogP contribution in [0.1, 0.15) is 21.6 Å². The summed E-state index contributed by atoms with van der Waals surface area (Å²) in [4.78, 5) is 37.1. The van der Waals surface area contributed by atoms with Crippen molar-refractivity contribution in [3.63, 3.8) is 0 Å². The highest BCUT2D eigenvalue weighted by Gasteiger charge is 2.25. The molecule has 31 heavy (non-hydrogen) atoms. The molecule has 0 aliphatic carbocycles. The summed E-state index contributed by atoms with van der Waals surface area (Å²) in [6.07, 6.45) is 4.99. The Labute approximate surface area is 181 Å². The number of amides is 2. The zero-order valence-electron chi connectivity index (χ0n) is 17.2. The third-order valence-corrected chi connectivity index (χ3v) is 5.20. The molecule has 4 rings (SSSR count). The van der Waals surface area contributed by atoms with Gasteiger partial charge in [-0.2, -0.15) is 0 Å². The first-order valence-electron chi connectivity index (χ1n) is 10.3. The van der Waals surface area contributed by atoms with Crippen LogP contribution in [0.25, 0.3) is 0 Å². The summed E-state index contributed by atoms with van der Waals surface area (Å²) >= 11 is 0. The highest BCUT2D eigenvalue weighted by atomic mass is 16.5. The molecule has 7 heteroatoms. The van der Waals surface area contributed by atoms with Gasteiger partial charge in [-0.05, 0) is 23.8 Å². The highest BCUT2D eigenvalue weighted by Crippen LogP contribution is 2.18. The lowest BCUT2D eigenvalue weighted by molar-refractivity contribution is -0.132. The normalized spacial score (nSPS) is 13.7. The first kappa shape index (κ1) is 20.5. The molecule has 1 aromatic heterocycles. The van der Waals surface area contributed by atoms with Crippen LogP contribution < -0.4 is 4.74 Å². The van der Waals surface area contributed by atoms with E-state index in [1.54, 1.807) is 40.5 Å². The summed E-state index contributed by atoms with van der Waals surface area (Å²) in [7, 11) is 0. The van der Waals surface area contributed by atoms with Crippen LogP contribution in [0, 0.1) is 0 Å². The number of hydrogen-bond acceptors (Lipinski definition) is 5. The number of benzene rings is 2. The van der Waals surface area contributed by atoms with E-state index >= 15 is 0 Å². The predicted molar refractivity (Wildman–Crippen MR) is 115 cm³/mol. The van der Waals surface area contributed by atoms with E-state index in [0.29, 0.717) is 49.8 Å². The second-order valence-corrected chi connectivity index (χ2v) is 7.35. The minimum atomic E-state index is -0.0498. The van der Waals surface area contributed by atoms with Gasteiger partial charge in [0.2, 0.25) is 5.91 Å². The lowest BCUT2D eigenvalue weighted by Gasteiger charge is -2.34. The molecule has 7 nitrogen and oxygen atoms in total. The summed E-state index contributed by atoms with van der Waals surface area (Å²) in [6, 6.07) is 17.1. The van der Waals surface area contributed by atoms with Gasteiger partial charge in [-0.25, -0.2) is 0 Å². The summed E-state index contributed by atoms with van der Waals surface area (Å²) in [5, 5.41) is 0. The summed E-state index contributed by atoms with van der Waals surface area (Å²) in [6.45, 7) is 2.47. The molecular formula is C24H24N4O3. The second kappa shape index (κ2) is 9.84. The third-order valence-electron chi connectivity index (χ3n) is 5.20. The first-order valence-corrected chi connectivity index (χ1v) is 10.3. The van der Waals surface area contributed by atoms with Gasteiger partial charge in [0, 0.05) is 50.3 Å². The van der Waals surface area contributed by atoms with Crippen molar-refractivity contribution in [2.45, 2.75) is 13.0 Å². The van der Waals surface area contributed by atoms with Gasteiger partial charge in [-0.3, -0.25) is 19.6 Å². The van der Waals surface area contributed by atoms with Gasteiger partial charge in [-0.1, -0.05) is 36.4 Å². The maximum Gasteiger partial charge on any atom is 0.254 e. The summed E-state index contributed by atoms with van der Waals surface area (Å²) < 4.78 is 5.84. The molecule has 2 heterocycles. The van der Waals surface area contributed by atoms with Crippen LogP contribution in [-0.2, 0) is 17.8 Å². The van der Waals surface area contributed by atoms with Gasteiger partial charge in [-0.15, -0.1) is 0 Å². The number of carbonyl (C=O) groups is 2. The van der Waals surface area contributed by atoms with Crippen molar-refractivity contribution in [3.05, 3.63) is 90.0 Å². The number of rotatable bonds is 6. The van der Waals surface area contributed by atoms with Crippen molar-refractivity contribution in [3.8, 4) is 5.75 Å². The molecule has 0 atom stereocenters. The lowest BCUT2D eigenvalue weighted by Crippen LogP contribution is -2.51. The van der Waals surface area contributed by atoms with Crippen LogP contribution in [0.2, 0.25) is 0 Å². The van der Waals surface area contributed by atoms with E-state index in [-0.39, 0.29) is 18.2 Å². The smallest absolute Gasteiger partial charge is 0.254 e. The zero-order chi connectivity index (χ0) is 21.5. The topological polar surface area (TPSA) is 75.6 Å². The number of carbonyl (C=O) groups excluding carboxylic acids is 2. The van der Waals surface area contributed by atoms with Crippen molar-refractivity contribution in [2.24, 2.45) is 0 Å². The third kappa shape index (κ3) is 5.45. The molecule has 1 fully saturated rings. The van der Waals surface area contributed by atoms with E-state index in [1.807, 2.05) is 42.5 Å². The lowest BCUT2D eigenvalue weighted by atomic mass is 10.1. The van der Waals surface area contributed by atoms with Gasteiger partial charge in [0.25, 0.3) is 5.91 Å². The van der Waals surface area contributed by atoms with E-state index in [2.05, 4.69) is 9.97 Å².